The highest BCUT2D eigenvalue weighted by Crippen LogP contribution is 1.90. The smallest absolute Gasteiger partial charge is 0.207 e. The zero-order valence-electron chi connectivity index (χ0n) is 6.26. The lowest BCUT2D eigenvalue weighted by molar-refractivity contribution is -0.109. The Kier molecular flexibility index (Phi) is 5.53. The van der Waals surface area contributed by atoms with Gasteiger partial charge in [-0.05, 0) is 6.42 Å². The summed E-state index contributed by atoms with van der Waals surface area (Å²) >= 11 is 0. The van der Waals surface area contributed by atoms with Gasteiger partial charge in [0.25, 0.3) is 0 Å². The predicted molar refractivity (Wildman–Crippen MR) is 41.2 cm³/mol. The van der Waals surface area contributed by atoms with Crippen LogP contribution >= 0.6 is 0 Å². The van der Waals surface area contributed by atoms with Crippen molar-refractivity contribution in [3.05, 3.63) is 11.8 Å². The monoisotopic (exact) mass is 142 g/mol. The number of carbonyl (C=O) groups is 1. The molecule has 0 aliphatic rings. The van der Waals surface area contributed by atoms with E-state index < -0.39 is 0 Å². The van der Waals surface area contributed by atoms with Crippen LogP contribution in [0.2, 0.25) is 0 Å². The number of nitrogens with two attached hydrogens (primary N) is 1. The summed E-state index contributed by atoms with van der Waals surface area (Å²) in [5.74, 6) is 0. The van der Waals surface area contributed by atoms with E-state index >= 15 is 0 Å². The first-order chi connectivity index (χ1) is 4.81. The molecule has 3 nitrogen and oxygen atoms in total. The normalized spacial score (nSPS) is 11.1. The summed E-state index contributed by atoms with van der Waals surface area (Å²) in [4.78, 5) is 9.79. The Labute approximate surface area is 61.3 Å². The zero-order chi connectivity index (χ0) is 7.82. The van der Waals surface area contributed by atoms with Gasteiger partial charge in [-0.15, -0.1) is 0 Å². The Hall–Kier alpha value is -0.990. The second kappa shape index (κ2) is 6.13. The van der Waals surface area contributed by atoms with Crippen molar-refractivity contribution >= 4 is 6.41 Å². The SMILES string of the molecule is CCC/C=C(\N)CNC=O. The van der Waals surface area contributed by atoms with E-state index in [2.05, 4.69) is 12.2 Å². The fourth-order valence-corrected chi connectivity index (χ4v) is 0.561. The number of allylic oxidation sites excluding steroid dienone is 1. The van der Waals surface area contributed by atoms with Crippen LogP contribution in [-0.2, 0) is 4.79 Å². The second-order valence-electron chi connectivity index (χ2n) is 2.07. The lowest BCUT2D eigenvalue weighted by atomic mass is 10.3. The highest BCUT2D eigenvalue weighted by Gasteiger charge is 1.85. The van der Waals surface area contributed by atoms with E-state index in [0.717, 1.165) is 18.5 Å². The summed E-state index contributed by atoms with van der Waals surface area (Å²) in [6.07, 6.45) is 4.64. The first kappa shape index (κ1) is 9.01. The molecule has 0 aromatic carbocycles. The van der Waals surface area contributed by atoms with Crippen LogP contribution in [0, 0.1) is 0 Å². The van der Waals surface area contributed by atoms with E-state index in [9.17, 15) is 4.79 Å². The van der Waals surface area contributed by atoms with Gasteiger partial charge in [0.1, 0.15) is 0 Å². The highest BCUT2D eigenvalue weighted by atomic mass is 16.1. The van der Waals surface area contributed by atoms with Crippen molar-refractivity contribution in [1.82, 2.24) is 5.32 Å². The number of amides is 1. The Balaban J connectivity index is 3.38. The summed E-state index contributed by atoms with van der Waals surface area (Å²) in [6, 6.07) is 0. The van der Waals surface area contributed by atoms with E-state index in [0.29, 0.717) is 13.0 Å². The third-order valence-corrected chi connectivity index (χ3v) is 1.08. The molecule has 0 saturated heterocycles. The number of unbranched alkanes of at least 4 members (excludes halogenated alkanes) is 1. The number of hydrogen-bond acceptors (Lipinski definition) is 2. The maximum atomic E-state index is 9.79. The summed E-state index contributed by atoms with van der Waals surface area (Å²) in [7, 11) is 0. The fourth-order valence-electron chi connectivity index (χ4n) is 0.561. The number of carbonyl (C=O) groups excluding carboxylic acids is 1. The van der Waals surface area contributed by atoms with Crippen molar-refractivity contribution in [3.63, 3.8) is 0 Å². The van der Waals surface area contributed by atoms with Crippen molar-refractivity contribution in [3.8, 4) is 0 Å². The van der Waals surface area contributed by atoms with Gasteiger partial charge in [0.2, 0.25) is 6.41 Å². The summed E-state index contributed by atoms with van der Waals surface area (Å²) in [5, 5.41) is 2.48. The van der Waals surface area contributed by atoms with Gasteiger partial charge in [-0.3, -0.25) is 4.79 Å². The van der Waals surface area contributed by atoms with E-state index in [4.69, 9.17) is 5.73 Å². The van der Waals surface area contributed by atoms with Crippen LogP contribution in [0.15, 0.2) is 11.8 Å². The Morgan fingerprint density at radius 1 is 1.70 bits per heavy atom. The van der Waals surface area contributed by atoms with Crippen LogP contribution in [0.5, 0.6) is 0 Å². The third kappa shape index (κ3) is 5.15. The van der Waals surface area contributed by atoms with Crippen LogP contribution in [0.3, 0.4) is 0 Å². The number of rotatable bonds is 5. The molecule has 0 aliphatic heterocycles. The second-order valence-corrected chi connectivity index (χ2v) is 2.07. The Morgan fingerprint density at radius 2 is 2.40 bits per heavy atom. The summed E-state index contributed by atoms with van der Waals surface area (Å²) in [5.41, 5.74) is 6.22. The van der Waals surface area contributed by atoms with Gasteiger partial charge in [0.05, 0.1) is 6.54 Å². The van der Waals surface area contributed by atoms with Crippen molar-refractivity contribution in [1.29, 1.82) is 0 Å². The lowest BCUT2D eigenvalue weighted by Crippen LogP contribution is -2.18. The molecule has 3 N–H and O–H groups in total. The molecule has 0 atom stereocenters. The molecule has 0 heterocycles. The average molecular weight is 142 g/mol. The van der Waals surface area contributed by atoms with Crippen LogP contribution in [0.25, 0.3) is 0 Å². The van der Waals surface area contributed by atoms with Gasteiger partial charge in [-0.1, -0.05) is 19.4 Å². The largest absolute Gasteiger partial charge is 0.401 e. The molecule has 0 fully saturated rings. The summed E-state index contributed by atoms with van der Waals surface area (Å²) < 4.78 is 0. The minimum atomic E-state index is 0.462. The van der Waals surface area contributed by atoms with E-state index in [1.54, 1.807) is 0 Å². The topological polar surface area (TPSA) is 55.1 Å². The van der Waals surface area contributed by atoms with Gasteiger partial charge in [-0.25, -0.2) is 0 Å². The first-order valence-corrected chi connectivity index (χ1v) is 3.42. The number of nitrogens with one attached hydrogen (secondary N) is 1. The van der Waals surface area contributed by atoms with E-state index in [1.807, 2.05) is 6.08 Å². The molecular formula is C7H14N2O. The highest BCUT2D eigenvalue weighted by molar-refractivity contribution is 5.46. The molecule has 3 heteroatoms. The molecule has 0 aromatic heterocycles. The minimum absolute atomic E-state index is 0.462. The lowest BCUT2D eigenvalue weighted by Gasteiger charge is -1.97. The van der Waals surface area contributed by atoms with E-state index in [1.165, 1.54) is 0 Å². The van der Waals surface area contributed by atoms with Crippen LogP contribution in [0.1, 0.15) is 19.8 Å². The standard InChI is InChI=1S/C7H14N2O/c1-2-3-4-7(8)5-9-6-10/h4,6H,2-3,5,8H2,1H3,(H,9,10)/b7-4-. The predicted octanol–water partition coefficient (Wildman–Crippen LogP) is 0.375. The van der Waals surface area contributed by atoms with Gasteiger partial charge in [-0.2, -0.15) is 0 Å². The van der Waals surface area contributed by atoms with Gasteiger partial charge >= 0.3 is 0 Å². The van der Waals surface area contributed by atoms with E-state index in [-0.39, 0.29) is 0 Å². The Morgan fingerprint density at radius 3 is 2.90 bits per heavy atom. The molecule has 0 unspecified atom stereocenters. The van der Waals surface area contributed by atoms with Crippen molar-refractivity contribution in [2.24, 2.45) is 5.73 Å². The fraction of sp³-hybridized carbons (Fsp3) is 0.571. The quantitative estimate of drug-likeness (QED) is 0.545. The summed E-state index contributed by atoms with van der Waals surface area (Å²) in [6.45, 7) is 2.54. The molecule has 1 amide bonds. The Bertz CT molecular complexity index is 121. The van der Waals surface area contributed by atoms with Crippen molar-refractivity contribution in [2.75, 3.05) is 6.54 Å². The molecule has 0 spiro atoms. The molecule has 0 rings (SSSR count). The molecule has 0 bridgehead atoms. The average Bonchev–Trinajstić information content (AvgIpc) is 1.97. The molecule has 10 heavy (non-hydrogen) atoms. The molecule has 58 valence electrons. The van der Waals surface area contributed by atoms with Crippen molar-refractivity contribution in [2.45, 2.75) is 19.8 Å². The van der Waals surface area contributed by atoms with Crippen molar-refractivity contribution < 1.29 is 4.79 Å². The maximum absolute atomic E-state index is 9.79. The van der Waals surface area contributed by atoms with Crippen LogP contribution < -0.4 is 11.1 Å². The van der Waals surface area contributed by atoms with Crippen LogP contribution in [-0.4, -0.2) is 13.0 Å². The first-order valence-electron chi connectivity index (χ1n) is 3.42. The molecule has 0 radical (unpaired) electrons. The zero-order valence-corrected chi connectivity index (χ0v) is 6.26. The molecular weight excluding hydrogens is 128 g/mol. The third-order valence-electron chi connectivity index (χ3n) is 1.08. The van der Waals surface area contributed by atoms with Gasteiger partial charge in [0, 0.05) is 5.70 Å². The molecule has 0 aliphatic carbocycles. The van der Waals surface area contributed by atoms with Gasteiger partial charge < -0.3 is 11.1 Å². The molecule has 0 saturated carbocycles. The minimum Gasteiger partial charge on any atom is -0.401 e. The maximum Gasteiger partial charge on any atom is 0.207 e. The van der Waals surface area contributed by atoms with Gasteiger partial charge in [0.15, 0.2) is 0 Å². The van der Waals surface area contributed by atoms with Crippen LogP contribution in [0.4, 0.5) is 0 Å². The number of hydrogen-bond donors (Lipinski definition) is 2. The molecule has 0 aromatic rings.